The number of nitrogens with one attached hydrogen (secondary N) is 1. The molecule has 17 heavy (non-hydrogen) atoms. The number of aliphatic hydroxyl groups excluding tert-OH is 1. The van der Waals surface area contributed by atoms with Crippen LogP contribution in [0.4, 0.5) is 0 Å². The van der Waals surface area contributed by atoms with Gasteiger partial charge in [0.25, 0.3) is 0 Å². The van der Waals surface area contributed by atoms with Gasteiger partial charge in [0.2, 0.25) is 0 Å². The molecule has 1 aliphatic rings. The third kappa shape index (κ3) is 3.21. The highest BCUT2D eigenvalue weighted by atomic mass is 35.5. The summed E-state index contributed by atoms with van der Waals surface area (Å²) in [5.41, 5.74) is 3.53. The van der Waals surface area contributed by atoms with Crippen molar-refractivity contribution in [2.45, 2.75) is 46.3 Å². The zero-order valence-electron chi connectivity index (χ0n) is 10.7. The van der Waals surface area contributed by atoms with Crippen LogP contribution in [-0.2, 0) is 13.1 Å². The number of halogens is 1. The van der Waals surface area contributed by atoms with E-state index >= 15 is 0 Å². The highest BCUT2D eigenvalue weighted by molar-refractivity contribution is 5.85. The fourth-order valence-electron chi connectivity index (χ4n) is 2.14. The molecule has 1 fully saturated rings. The largest absolute Gasteiger partial charge is 0.394 e. The number of aliphatic hydroxyl groups is 1. The molecule has 2 rings (SSSR count). The molecule has 4 nitrogen and oxygen atoms in total. The first-order chi connectivity index (χ1) is 7.63. The highest BCUT2D eigenvalue weighted by Crippen LogP contribution is 2.29. The van der Waals surface area contributed by atoms with Gasteiger partial charge < -0.3 is 10.4 Å². The van der Waals surface area contributed by atoms with Gasteiger partial charge in [-0.3, -0.25) is 4.68 Å². The Kier molecular flexibility index (Phi) is 4.98. The average Bonchev–Trinajstić information content (AvgIpc) is 2.87. The SMILES string of the molecule is Cc1nn(CCO)c(C)c1CNC1CC1C.Cl. The minimum Gasteiger partial charge on any atom is -0.394 e. The molecule has 1 saturated carbocycles. The first-order valence-corrected chi connectivity index (χ1v) is 6.00. The molecule has 0 spiro atoms. The van der Waals surface area contributed by atoms with E-state index in [-0.39, 0.29) is 19.0 Å². The van der Waals surface area contributed by atoms with Crippen LogP contribution in [-0.4, -0.2) is 27.5 Å². The van der Waals surface area contributed by atoms with Crippen LogP contribution in [0.1, 0.15) is 30.3 Å². The fourth-order valence-corrected chi connectivity index (χ4v) is 2.14. The van der Waals surface area contributed by atoms with Crippen molar-refractivity contribution in [3.8, 4) is 0 Å². The second-order valence-corrected chi connectivity index (χ2v) is 4.80. The monoisotopic (exact) mass is 259 g/mol. The van der Waals surface area contributed by atoms with Gasteiger partial charge in [-0.25, -0.2) is 0 Å². The standard InChI is InChI=1S/C12H21N3O.ClH/c1-8-6-12(8)13-7-11-9(2)14-15(4-5-16)10(11)3;/h8,12-13,16H,4-7H2,1-3H3;1H. The molecular formula is C12H22ClN3O. The van der Waals surface area contributed by atoms with Crippen molar-refractivity contribution in [3.05, 3.63) is 17.0 Å². The minimum atomic E-state index is 0. The summed E-state index contributed by atoms with van der Waals surface area (Å²) in [6, 6.07) is 0.694. The van der Waals surface area contributed by atoms with Gasteiger partial charge in [-0.05, 0) is 26.2 Å². The number of aromatic nitrogens is 2. The smallest absolute Gasteiger partial charge is 0.0644 e. The molecule has 0 aliphatic heterocycles. The number of aryl methyl sites for hydroxylation is 1. The summed E-state index contributed by atoms with van der Waals surface area (Å²) in [5, 5.41) is 16.9. The maximum Gasteiger partial charge on any atom is 0.0644 e. The lowest BCUT2D eigenvalue weighted by molar-refractivity contribution is 0.267. The molecule has 0 aromatic carbocycles. The van der Waals surface area contributed by atoms with Crippen LogP contribution < -0.4 is 5.32 Å². The molecule has 0 saturated heterocycles. The molecule has 0 amide bonds. The van der Waals surface area contributed by atoms with Crippen molar-refractivity contribution in [2.75, 3.05) is 6.61 Å². The van der Waals surface area contributed by atoms with Crippen molar-refractivity contribution in [2.24, 2.45) is 5.92 Å². The van der Waals surface area contributed by atoms with Crippen molar-refractivity contribution < 1.29 is 5.11 Å². The molecule has 1 heterocycles. The Morgan fingerprint density at radius 3 is 2.65 bits per heavy atom. The van der Waals surface area contributed by atoms with E-state index < -0.39 is 0 Å². The lowest BCUT2D eigenvalue weighted by Gasteiger charge is -2.05. The normalized spacial score (nSPS) is 22.4. The molecule has 0 radical (unpaired) electrons. The topological polar surface area (TPSA) is 50.1 Å². The van der Waals surface area contributed by atoms with E-state index in [1.54, 1.807) is 0 Å². The maximum atomic E-state index is 8.93. The quantitative estimate of drug-likeness (QED) is 0.841. The summed E-state index contributed by atoms with van der Waals surface area (Å²) in [5.74, 6) is 0.827. The van der Waals surface area contributed by atoms with Crippen LogP contribution >= 0.6 is 12.4 Å². The van der Waals surface area contributed by atoms with Crippen LogP contribution in [0, 0.1) is 19.8 Å². The molecule has 2 unspecified atom stereocenters. The van der Waals surface area contributed by atoms with Crippen molar-refractivity contribution in [1.82, 2.24) is 15.1 Å². The van der Waals surface area contributed by atoms with Crippen LogP contribution in [0.2, 0.25) is 0 Å². The summed E-state index contributed by atoms with van der Waals surface area (Å²) in [7, 11) is 0. The lowest BCUT2D eigenvalue weighted by Crippen LogP contribution is -2.18. The molecule has 0 bridgehead atoms. The Morgan fingerprint density at radius 2 is 2.12 bits per heavy atom. The van der Waals surface area contributed by atoms with Gasteiger partial charge in [-0.2, -0.15) is 5.10 Å². The van der Waals surface area contributed by atoms with Gasteiger partial charge >= 0.3 is 0 Å². The van der Waals surface area contributed by atoms with Gasteiger partial charge in [0, 0.05) is 23.8 Å². The Bertz CT molecular complexity index is 378. The van der Waals surface area contributed by atoms with Gasteiger partial charge in [0.05, 0.1) is 18.8 Å². The first kappa shape index (κ1) is 14.5. The van der Waals surface area contributed by atoms with E-state index in [0.29, 0.717) is 12.6 Å². The third-order valence-electron chi connectivity index (χ3n) is 3.49. The number of hydrogen-bond acceptors (Lipinski definition) is 3. The summed E-state index contributed by atoms with van der Waals surface area (Å²) in [6.07, 6.45) is 1.29. The first-order valence-electron chi connectivity index (χ1n) is 6.00. The highest BCUT2D eigenvalue weighted by Gasteiger charge is 2.32. The molecule has 1 aromatic heterocycles. The van der Waals surface area contributed by atoms with Gasteiger partial charge in [-0.15, -0.1) is 12.4 Å². The summed E-state index contributed by atoms with van der Waals surface area (Å²) < 4.78 is 1.89. The van der Waals surface area contributed by atoms with E-state index in [0.717, 1.165) is 18.2 Å². The average molecular weight is 260 g/mol. The molecule has 1 aromatic rings. The van der Waals surface area contributed by atoms with Crippen molar-refractivity contribution in [1.29, 1.82) is 0 Å². The fraction of sp³-hybridized carbons (Fsp3) is 0.750. The molecule has 98 valence electrons. The molecule has 2 atom stereocenters. The van der Waals surface area contributed by atoms with Crippen LogP contribution in [0.15, 0.2) is 0 Å². The molecule has 2 N–H and O–H groups in total. The van der Waals surface area contributed by atoms with Crippen molar-refractivity contribution >= 4 is 12.4 Å². The summed E-state index contributed by atoms with van der Waals surface area (Å²) >= 11 is 0. The van der Waals surface area contributed by atoms with Crippen LogP contribution in [0.3, 0.4) is 0 Å². The third-order valence-corrected chi connectivity index (χ3v) is 3.49. The zero-order valence-corrected chi connectivity index (χ0v) is 11.5. The van der Waals surface area contributed by atoms with Gasteiger partial charge in [0.1, 0.15) is 0 Å². The predicted octanol–water partition coefficient (Wildman–Crippen LogP) is 1.41. The van der Waals surface area contributed by atoms with Crippen molar-refractivity contribution in [3.63, 3.8) is 0 Å². The summed E-state index contributed by atoms with van der Waals surface area (Å²) in [4.78, 5) is 0. The Balaban J connectivity index is 0.00000144. The molecular weight excluding hydrogens is 238 g/mol. The Morgan fingerprint density at radius 1 is 1.47 bits per heavy atom. The number of nitrogens with zero attached hydrogens (tertiary/aromatic N) is 2. The zero-order chi connectivity index (χ0) is 11.7. The van der Waals surface area contributed by atoms with Crippen LogP contribution in [0.25, 0.3) is 0 Å². The predicted molar refractivity (Wildman–Crippen MR) is 70.4 cm³/mol. The van der Waals surface area contributed by atoms with Gasteiger partial charge in [0.15, 0.2) is 0 Å². The van der Waals surface area contributed by atoms with Gasteiger partial charge in [-0.1, -0.05) is 6.92 Å². The summed E-state index contributed by atoms with van der Waals surface area (Å²) in [6.45, 7) is 8.02. The van der Waals surface area contributed by atoms with Crippen LogP contribution in [0.5, 0.6) is 0 Å². The van der Waals surface area contributed by atoms with E-state index in [1.165, 1.54) is 17.7 Å². The second kappa shape index (κ2) is 5.85. The Labute approximate surface area is 109 Å². The second-order valence-electron chi connectivity index (χ2n) is 4.80. The minimum absolute atomic E-state index is 0. The number of rotatable bonds is 5. The number of hydrogen-bond donors (Lipinski definition) is 2. The van der Waals surface area contributed by atoms with E-state index in [1.807, 2.05) is 11.6 Å². The van der Waals surface area contributed by atoms with E-state index in [4.69, 9.17) is 5.11 Å². The maximum absolute atomic E-state index is 8.93. The Hall–Kier alpha value is -0.580. The lowest BCUT2D eigenvalue weighted by atomic mass is 10.2. The molecule has 5 heteroatoms. The van der Waals surface area contributed by atoms with E-state index in [9.17, 15) is 0 Å². The molecule has 1 aliphatic carbocycles. The van der Waals surface area contributed by atoms with E-state index in [2.05, 4.69) is 24.3 Å².